The molecule has 0 radical (unpaired) electrons. The van der Waals surface area contributed by atoms with E-state index in [9.17, 15) is 9.59 Å². The highest BCUT2D eigenvalue weighted by Gasteiger charge is 2.46. The van der Waals surface area contributed by atoms with Crippen LogP contribution in [-0.2, 0) is 13.9 Å². The molecule has 0 aliphatic rings. The molecule has 1 unspecified atom stereocenters. The zero-order chi connectivity index (χ0) is 15.3. The molecule has 0 saturated heterocycles. The number of benzene rings is 2. The third kappa shape index (κ3) is 3.05. The first-order valence-electron chi connectivity index (χ1n) is 6.62. The van der Waals surface area contributed by atoms with Gasteiger partial charge in [-0.05, 0) is 12.5 Å². The molecule has 0 saturated carbocycles. The van der Waals surface area contributed by atoms with Gasteiger partial charge < -0.3 is 4.74 Å². The summed E-state index contributed by atoms with van der Waals surface area (Å²) in [6.07, 6.45) is 0. The maximum atomic E-state index is 12.8. The summed E-state index contributed by atoms with van der Waals surface area (Å²) in [6, 6.07) is 17.5. The van der Waals surface area contributed by atoms with Gasteiger partial charge in [-0.2, -0.15) is 0 Å². The van der Waals surface area contributed by atoms with E-state index in [4.69, 9.17) is 4.74 Å². The van der Waals surface area contributed by atoms with Crippen molar-refractivity contribution < 1.29 is 14.3 Å². The molecule has 0 aliphatic carbocycles. The van der Waals surface area contributed by atoms with Gasteiger partial charge in [0.25, 0.3) is 0 Å². The van der Waals surface area contributed by atoms with Gasteiger partial charge in [0.15, 0.2) is 5.78 Å². The predicted octanol–water partition coefficient (Wildman–Crippen LogP) is 3.72. The van der Waals surface area contributed by atoms with Crippen molar-refractivity contribution in [2.75, 3.05) is 6.61 Å². The Morgan fingerprint density at radius 1 is 1.00 bits per heavy atom. The average molecular weight is 347 g/mol. The maximum Gasteiger partial charge on any atom is 0.335 e. The quantitative estimate of drug-likeness (QED) is 0.358. The molecule has 3 nitrogen and oxygen atoms in total. The lowest BCUT2D eigenvalue weighted by molar-refractivity contribution is -0.144. The van der Waals surface area contributed by atoms with Gasteiger partial charge in [0.05, 0.1) is 6.61 Å². The number of carbonyl (C=O) groups is 2. The minimum absolute atomic E-state index is 0.209. The Kier molecular flexibility index (Phi) is 4.91. The van der Waals surface area contributed by atoms with Gasteiger partial charge in [0, 0.05) is 5.56 Å². The van der Waals surface area contributed by atoms with Gasteiger partial charge >= 0.3 is 5.97 Å². The average Bonchev–Trinajstić information content (AvgIpc) is 2.55. The molecule has 2 aromatic rings. The van der Waals surface area contributed by atoms with Crippen LogP contribution in [0.15, 0.2) is 60.7 Å². The number of esters is 1. The van der Waals surface area contributed by atoms with Crippen LogP contribution in [0.3, 0.4) is 0 Å². The molecule has 4 heteroatoms. The van der Waals surface area contributed by atoms with Gasteiger partial charge in [0.1, 0.15) is 0 Å². The zero-order valence-electron chi connectivity index (χ0n) is 11.6. The number of ketones is 1. The number of ether oxygens (including phenoxy) is 1. The van der Waals surface area contributed by atoms with Crippen LogP contribution < -0.4 is 0 Å². The lowest BCUT2D eigenvalue weighted by Gasteiger charge is -2.24. The second-order valence-electron chi connectivity index (χ2n) is 4.44. The van der Waals surface area contributed by atoms with Crippen LogP contribution in [0.4, 0.5) is 0 Å². The molecule has 2 rings (SSSR count). The first-order chi connectivity index (χ1) is 10.1. The van der Waals surface area contributed by atoms with Crippen molar-refractivity contribution in [3.05, 3.63) is 71.8 Å². The Labute approximate surface area is 132 Å². The highest BCUT2D eigenvalue weighted by atomic mass is 79.9. The summed E-state index contributed by atoms with van der Waals surface area (Å²) in [5, 5.41) is 0. The summed E-state index contributed by atoms with van der Waals surface area (Å²) >= 11 is 3.34. The van der Waals surface area contributed by atoms with Crippen molar-refractivity contribution in [1.29, 1.82) is 0 Å². The summed E-state index contributed by atoms with van der Waals surface area (Å²) in [6.45, 7) is 1.92. The van der Waals surface area contributed by atoms with Crippen molar-refractivity contribution in [3.8, 4) is 0 Å². The van der Waals surface area contributed by atoms with E-state index in [1.165, 1.54) is 0 Å². The van der Waals surface area contributed by atoms with E-state index in [1.54, 1.807) is 55.5 Å². The second kappa shape index (κ2) is 6.68. The summed E-state index contributed by atoms with van der Waals surface area (Å²) in [5.74, 6) is -0.946. The molecule has 0 aliphatic heterocycles. The molecule has 0 fully saturated rings. The minimum atomic E-state index is -1.52. The number of carbonyl (C=O) groups excluding carboxylic acids is 2. The van der Waals surface area contributed by atoms with Gasteiger partial charge in [0.2, 0.25) is 4.32 Å². The zero-order valence-corrected chi connectivity index (χ0v) is 13.2. The Bertz CT molecular complexity index is 625. The molecule has 108 valence electrons. The fourth-order valence-corrected chi connectivity index (χ4v) is 2.64. The largest absolute Gasteiger partial charge is 0.464 e. The van der Waals surface area contributed by atoms with Gasteiger partial charge in [-0.15, -0.1) is 0 Å². The van der Waals surface area contributed by atoms with Crippen molar-refractivity contribution in [2.45, 2.75) is 11.2 Å². The first-order valence-corrected chi connectivity index (χ1v) is 7.41. The number of halogens is 1. The van der Waals surface area contributed by atoms with Gasteiger partial charge in [-0.25, -0.2) is 4.79 Å². The Hall–Kier alpha value is -1.94. The number of Topliss-reactive ketones (excluding diaryl/α,β-unsaturated/α-hetero) is 1. The summed E-state index contributed by atoms with van der Waals surface area (Å²) in [4.78, 5) is 25.2. The number of rotatable bonds is 5. The van der Waals surface area contributed by atoms with Crippen LogP contribution in [0.2, 0.25) is 0 Å². The lowest BCUT2D eigenvalue weighted by atomic mass is 9.90. The third-order valence-corrected chi connectivity index (χ3v) is 4.22. The Morgan fingerprint density at radius 2 is 1.52 bits per heavy atom. The molecule has 0 spiro atoms. The number of hydrogen-bond donors (Lipinski definition) is 0. The molecule has 21 heavy (non-hydrogen) atoms. The summed E-state index contributed by atoms with van der Waals surface area (Å²) in [5.41, 5.74) is 1.00. The van der Waals surface area contributed by atoms with Gasteiger partial charge in [-0.3, -0.25) is 4.79 Å². The van der Waals surface area contributed by atoms with Gasteiger partial charge in [-0.1, -0.05) is 76.6 Å². The highest BCUT2D eigenvalue weighted by Crippen LogP contribution is 2.36. The SMILES string of the molecule is CCOC(=O)C(Br)(C(=O)c1ccccc1)c1ccccc1. The third-order valence-electron chi connectivity index (χ3n) is 3.08. The maximum absolute atomic E-state index is 12.8. The van der Waals surface area contributed by atoms with E-state index in [-0.39, 0.29) is 12.4 Å². The van der Waals surface area contributed by atoms with E-state index < -0.39 is 10.3 Å². The molecule has 1 atom stereocenters. The topological polar surface area (TPSA) is 43.4 Å². The normalized spacial score (nSPS) is 13.2. The highest BCUT2D eigenvalue weighted by molar-refractivity contribution is 9.10. The number of hydrogen-bond acceptors (Lipinski definition) is 3. The lowest BCUT2D eigenvalue weighted by Crippen LogP contribution is -2.39. The van der Waals surface area contributed by atoms with Crippen LogP contribution in [0.5, 0.6) is 0 Å². The van der Waals surface area contributed by atoms with E-state index >= 15 is 0 Å². The second-order valence-corrected chi connectivity index (χ2v) is 5.63. The van der Waals surface area contributed by atoms with E-state index in [0.29, 0.717) is 11.1 Å². The van der Waals surface area contributed by atoms with Crippen LogP contribution in [0.1, 0.15) is 22.8 Å². The summed E-state index contributed by atoms with van der Waals surface area (Å²) in [7, 11) is 0. The predicted molar refractivity (Wildman–Crippen MR) is 84.5 cm³/mol. The number of alkyl halides is 1. The molecule has 0 heterocycles. The standard InChI is InChI=1S/C17H15BrO3/c1-2-21-16(20)17(18,14-11-7-4-8-12-14)15(19)13-9-5-3-6-10-13/h3-12H,2H2,1H3. The van der Waals surface area contributed by atoms with Crippen molar-refractivity contribution >= 4 is 27.7 Å². The van der Waals surface area contributed by atoms with E-state index in [1.807, 2.05) is 12.1 Å². The summed E-state index contributed by atoms with van der Waals surface area (Å²) < 4.78 is 3.58. The fraction of sp³-hybridized carbons (Fsp3) is 0.176. The Morgan fingerprint density at radius 3 is 2.05 bits per heavy atom. The Balaban J connectivity index is 2.51. The molecular formula is C17H15BrO3. The van der Waals surface area contributed by atoms with Crippen molar-refractivity contribution in [3.63, 3.8) is 0 Å². The molecule has 0 N–H and O–H groups in total. The monoisotopic (exact) mass is 346 g/mol. The van der Waals surface area contributed by atoms with E-state index in [0.717, 1.165) is 0 Å². The van der Waals surface area contributed by atoms with Crippen LogP contribution in [-0.4, -0.2) is 18.4 Å². The molecule has 0 amide bonds. The molecule has 0 bridgehead atoms. The smallest absolute Gasteiger partial charge is 0.335 e. The minimum Gasteiger partial charge on any atom is -0.464 e. The first kappa shape index (κ1) is 15.4. The fourth-order valence-electron chi connectivity index (χ4n) is 2.03. The molecular weight excluding hydrogens is 332 g/mol. The molecule has 0 aromatic heterocycles. The van der Waals surface area contributed by atoms with Crippen LogP contribution >= 0.6 is 15.9 Å². The van der Waals surface area contributed by atoms with Crippen molar-refractivity contribution in [2.24, 2.45) is 0 Å². The van der Waals surface area contributed by atoms with Crippen LogP contribution in [0, 0.1) is 0 Å². The van der Waals surface area contributed by atoms with Crippen molar-refractivity contribution in [1.82, 2.24) is 0 Å². The molecule has 2 aromatic carbocycles. The van der Waals surface area contributed by atoms with E-state index in [2.05, 4.69) is 15.9 Å². The van der Waals surface area contributed by atoms with Crippen LogP contribution in [0.25, 0.3) is 0 Å².